The number of piperidine rings is 1. The van der Waals surface area contributed by atoms with Gasteiger partial charge in [-0.2, -0.15) is 0 Å². The van der Waals surface area contributed by atoms with Crippen molar-refractivity contribution in [2.45, 2.75) is 26.2 Å². The van der Waals surface area contributed by atoms with Crippen molar-refractivity contribution in [1.82, 2.24) is 4.90 Å². The van der Waals surface area contributed by atoms with Gasteiger partial charge in [0, 0.05) is 19.2 Å². The highest BCUT2D eigenvalue weighted by molar-refractivity contribution is 5.92. The predicted octanol–water partition coefficient (Wildman–Crippen LogP) is 4.33. The summed E-state index contributed by atoms with van der Waals surface area (Å²) >= 11 is 0. The largest absolute Gasteiger partial charge is 0.494 e. The molecule has 2 aromatic rings. The predicted molar refractivity (Wildman–Crippen MR) is 113 cm³/mol. The van der Waals surface area contributed by atoms with Gasteiger partial charge in [0.1, 0.15) is 11.5 Å². The summed E-state index contributed by atoms with van der Waals surface area (Å²) in [6, 6.07) is 16.8. The summed E-state index contributed by atoms with van der Waals surface area (Å²) in [7, 11) is 0. The van der Waals surface area contributed by atoms with Crippen LogP contribution in [0.25, 0.3) is 6.08 Å². The van der Waals surface area contributed by atoms with Crippen molar-refractivity contribution in [3.05, 3.63) is 66.2 Å². The lowest BCUT2D eigenvalue weighted by Crippen LogP contribution is -2.40. The van der Waals surface area contributed by atoms with Gasteiger partial charge in [-0.3, -0.25) is 9.59 Å². The van der Waals surface area contributed by atoms with E-state index >= 15 is 0 Å². The molecule has 0 aromatic heterocycles. The summed E-state index contributed by atoms with van der Waals surface area (Å²) in [5.41, 5.74) is 0.991. The quantitative estimate of drug-likeness (QED) is 0.399. The van der Waals surface area contributed by atoms with Crippen LogP contribution in [-0.2, 0) is 9.59 Å². The summed E-state index contributed by atoms with van der Waals surface area (Å²) in [5, 5.41) is 0. The number of carbonyl (C=O) groups excluding carboxylic acids is 2. The monoisotopic (exact) mass is 393 g/mol. The number of carbonyl (C=O) groups is 2. The number of benzene rings is 2. The van der Waals surface area contributed by atoms with Gasteiger partial charge >= 0.3 is 5.97 Å². The molecule has 0 saturated carbocycles. The second-order valence-electron chi connectivity index (χ2n) is 7.08. The lowest BCUT2D eigenvalue weighted by molar-refractivity contribution is -0.142. The maximum atomic E-state index is 12.4. The minimum Gasteiger partial charge on any atom is -0.494 e. The number of hydrogen-bond donors (Lipinski definition) is 0. The van der Waals surface area contributed by atoms with E-state index in [9.17, 15) is 9.59 Å². The standard InChI is InChI=1S/C24H27NO4/c1-2-18-28-21-9-11-22(12-10-21)29-24(27)20-14-16-25(17-15-20)23(26)13-8-19-6-4-3-5-7-19/h3-13,20H,2,14-18H2,1H3/b13-8+. The Balaban J connectivity index is 1.45. The Bertz CT molecular complexity index is 822. The van der Waals surface area contributed by atoms with Gasteiger partial charge in [0.25, 0.3) is 0 Å². The van der Waals surface area contributed by atoms with E-state index in [-0.39, 0.29) is 17.8 Å². The Hall–Kier alpha value is -3.08. The zero-order valence-electron chi connectivity index (χ0n) is 16.8. The Morgan fingerprint density at radius 1 is 1.00 bits per heavy atom. The minimum atomic E-state index is -0.237. The Morgan fingerprint density at radius 3 is 2.31 bits per heavy atom. The fraction of sp³-hybridized carbons (Fsp3) is 0.333. The van der Waals surface area contributed by atoms with Crippen LogP contribution >= 0.6 is 0 Å². The number of nitrogens with zero attached hydrogens (tertiary/aromatic N) is 1. The SMILES string of the molecule is CCCOc1ccc(OC(=O)C2CCN(C(=O)/C=C/c3ccccc3)CC2)cc1. The average molecular weight is 393 g/mol. The molecule has 1 saturated heterocycles. The van der Waals surface area contributed by atoms with Crippen LogP contribution in [0.1, 0.15) is 31.7 Å². The van der Waals surface area contributed by atoms with Crippen molar-refractivity contribution in [2.24, 2.45) is 5.92 Å². The Labute approximate surface area is 171 Å². The molecule has 0 aliphatic carbocycles. The average Bonchev–Trinajstić information content (AvgIpc) is 2.78. The van der Waals surface area contributed by atoms with Crippen LogP contribution in [-0.4, -0.2) is 36.5 Å². The highest BCUT2D eigenvalue weighted by atomic mass is 16.5. The number of hydrogen-bond acceptors (Lipinski definition) is 4. The fourth-order valence-electron chi connectivity index (χ4n) is 3.20. The van der Waals surface area contributed by atoms with Gasteiger partial charge in [-0.05, 0) is 55.2 Å². The van der Waals surface area contributed by atoms with Crippen molar-refractivity contribution < 1.29 is 19.1 Å². The summed E-state index contributed by atoms with van der Waals surface area (Å²) < 4.78 is 11.0. The molecule has 3 rings (SSSR count). The number of esters is 1. The number of rotatable bonds is 7. The number of ether oxygens (including phenoxy) is 2. The third-order valence-corrected chi connectivity index (χ3v) is 4.87. The molecule has 1 aliphatic heterocycles. The third-order valence-electron chi connectivity index (χ3n) is 4.87. The molecular formula is C24H27NO4. The lowest BCUT2D eigenvalue weighted by Gasteiger charge is -2.30. The molecule has 0 radical (unpaired) electrons. The van der Waals surface area contributed by atoms with Crippen molar-refractivity contribution in [2.75, 3.05) is 19.7 Å². The molecule has 0 bridgehead atoms. The summed E-state index contributed by atoms with van der Waals surface area (Å²) in [5.74, 6) is 0.834. The molecule has 29 heavy (non-hydrogen) atoms. The zero-order chi connectivity index (χ0) is 20.5. The second kappa shape index (κ2) is 10.5. The first-order chi connectivity index (χ1) is 14.2. The smallest absolute Gasteiger partial charge is 0.314 e. The van der Waals surface area contributed by atoms with Gasteiger partial charge in [-0.25, -0.2) is 0 Å². The molecule has 1 fully saturated rings. The first-order valence-electron chi connectivity index (χ1n) is 10.1. The van der Waals surface area contributed by atoms with E-state index in [1.165, 1.54) is 0 Å². The van der Waals surface area contributed by atoms with Crippen LogP contribution in [0.4, 0.5) is 0 Å². The van der Waals surface area contributed by atoms with Crippen molar-refractivity contribution in [3.63, 3.8) is 0 Å². The van der Waals surface area contributed by atoms with Gasteiger partial charge in [0.15, 0.2) is 0 Å². The van der Waals surface area contributed by atoms with E-state index < -0.39 is 0 Å². The summed E-state index contributed by atoms with van der Waals surface area (Å²) in [4.78, 5) is 26.6. The highest BCUT2D eigenvalue weighted by Gasteiger charge is 2.28. The number of amides is 1. The molecule has 0 unspecified atom stereocenters. The first-order valence-corrected chi connectivity index (χ1v) is 10.1. The summed E-state index contributed by atoms with van der Waals surface area (Å²) in [6.07, 6.45) is 5.58. The van der Waals surface area contributed by atoms with Crippen LogP contribution in [0.3, 0.4) is 0 Å². The van der Waals surface area contributed by atoms with E-state index in [0.717, 1.165) is 17.7 Å². The molecule has 0 atom stereocenters. The fourth-order valence-corrected chi connectivity index (χ4v) is 3.20. The topological polar surface area (TPSA) is 55.8 Å². The molecule has 1 amide bonds. The molecular weight excluding hydrogens is 366 g/mol. The molecule has 1 heterocycles. The third kappa shape index (κ3) is 6.21. The van der Waals surface area contributed by atoms with Crippen molar-refractivity contribution >= 4 is 18.0 Å². The maximum absolute atomic E-state index is 12.4. The van der Waals surface area contributed by atoms with Crippen molar-refractivity contribution in [1.29, 1.82) is 0 Å². The molecule has 5 nitrogen and oxygen atoms in total. The van der Waals surface area contributed by atoms with E-state index in [1.807, 2.05) is 36.4 Å². The van der Waals surface area contributed by atoms with E-state index in [0.29, 0.717) is 38.3 Å². The highest BCUT2D eigenvalue weighted by Crippen LogP contribution is 2.23. The summed E-state index contributed by atoms with van der Waals surface area (Å²) in [6.45, 7) is 3.83. The molecule has 152 valence electrons. The van der Waals surface area contributed by atoms with Crippen LogP contribution in [0.2, 0.25) is 0 Å². The molecule has 1 aliphatic rings. The molecule has 2 aromatic carbocycles. The molecule has 0 N–H and O–H groups in total. The molecule has 5 heteroatoms. The van der Waals surface area contributed by atoms with Crippen LogP contribution in [0.5, 0.6) is 11.5 Å². The minimum absolute atomic E-state index is 0.0247. The second-order valence-corrected chi connectivity index (χ2v) is 7.08. The van der Waals surface area contributed by atoms with E-state index in [1.54, 1.807) is 35.2 Å². The van der Waals surface area contributed by atoms with Gasteiger partial charge < -0.3 is 14.4 Å². The van der Waals surface area contributed by atoms with Gasteiger partial charge in [-0.1, -0.05) is 37.3 Å². The van der Waals surface area contributed by atoms with Gasteiger partial charge in [-0.15, -0.1) is 0 Å². The molecule has 0 spiro atoms. The van der Waals surface area contributed by atoms with Crippen LogP contribution < -0.4 is 9.47 Å². The van der Waals surface area contributed by atoms with Crippen LogP contribution in [0, 0.1) is 5.92 Å². The first kappa shape index (κ1) is 20.6. The normalized spacial score (nSPS) is 14.7. The Morgan fingerprint density at radius 2 is 1.66 bits per heavy atom. The Kier molecular flexibility index (Phi) is 7.45. The van der Waals surface area contributed by atoms with Crippen molar-refractivity contribution in [3.8, 4) is 11.5 Å². The number of likely N-dealkylation sites (tertiary alicyclic amines) is 1. The van der Waals surface area contributed by atoms with Crippen LogP contribution in [0.15, 0.2) is 60.7 Å². The zero-order valence-corrected chi connectivity index (χ0v) is 16.8. The van der Waals surface area contributed by atoms with Gasteiger partial charge in [0.2, 0.25) is 5.91 Å². The van der Waals surface area contributed by atoms with Gasteiger partial charge in [0.05, 0.1) is 12.5 Å². The lowest BCUT2D eigenvalue weighted by atomic mass is 9.97. The maximum Gasteiger partial charge on any atom is 0.314 e. The van der Waals surface area contributed by atoms with E-state index in [2.05, 4.69) is 6.92 Å². The van der Waals surface area contributed by atoms with E-state index in [4.69, 9.17) is 9.47 Å².